The number of nitrogens with two attached hydrogens (primary N) is 1. The summed E-state index contributed by atoms with van der Waals surface area (Å²) in [5.41, 5.74) is 5.43. The Hall–Kier alpha value is -0.610. The fourth-order valence-corrected chi connectivity index (χ4v) is 2.61. The number of rotatable bonds is 6. The Kier molecular flexibility index (Phi) is 6.02. The Morgan fingerprint density at radius 1 is 1.45 bits per heavy atom. The Balaban J connectivity index is 2.59. The molecule has 0 saturated heterocycles. The number of hydrogen-bond acceptors (Lipinski definition) is 3. The zero-order valence-corrected chi connectivity index (χ0v) is 13.8. The van der Waals surface area contributed by atoms with E-state index in [0.29, 0.717) is 6.54 Å². The first-order valence-corrected chi connectivity index (χ1v) is 7.93. The van der Waals surface area contributed by atoms with E-state index in [1.807, 2.05) is 20.8 Å². The lowest BCUT2D eigenvalue weighted by Crippen LogP contribution is -2.52. The van der Waals surface area contributed by atoms with Crippen molar-refractivity contribution in [3.63, 3.8) is 0 Å². The van der Waals surface area contributed by atoms with Crippen molar-refractivity contribution in [1.82, 2.24) is 5.32 Å². The van der Waals surface area contributed by atoms with E-state index in [1.54, 1.807) is 0 Å². The van der Waals surface area contributed by atoms with Gasteiger partial charge in [-0.3, -0.25) is 4.79 Å². The highest BCUT2D eigenvalue weighted by Gasteiger charge is 2.37. The van der Waals surface area contributed by atoms with E-state index in [0.717, 1.165) is 38.0 Å². The van der Waals surface area contributed by atoms with Crippen LogP contribution in [0.2, 0.25) is 0 Å². The molecule has 4 heteroatoms. The lowest BCUT2D eigenvalue weighted by Gasteiger charge is -2.40. The van der Waals surface area contributed by atoms with Crippen LogP contribution >= 0.6 is 0 Å². The maximum absolute atomic E-state index is 12.2. The molecule has 1 aliphatic carbocycles. The first-order valence-electron chi connectivity index (χ1n) is 7.93. The van der Waals surface area contributed by atoms with Crippen LogP contribution in [0, 0.1) is 5.92 Å². The minimum absolute atomic E-state index is 0.0386. The van der Waals surface area contributed by atoms with Gasteiger partial charge in [-0.1, -0.05) is 13.8 Å². The topological polar surface area (TPSA) is 64.3 Å². The summed E-state index contributed by atoms with van der Waals surface area (Å²) in [4.78, 5) is 12.2. The fourth-order valence-electron chi connectivity index (χ4n) is 2.61. The molecule has 1 fully saturated rings. The van der Waals surface area contributed by atoms with E-state index < -0.39 is 6.10 Å². The van der Waals surface area contributed by atoms with Gasteiger partial charge in [-0.2, -0.15) is 0 Å². The van der Waals surface area contributed by atoms with Crippen molar-refractivity contribution in [2.24, 2.45) is 11.7 Å². The second kappa shape index (κ2) is 6.90. The molecule has 1 rings (SSSR count). The van der Waals surface area contributed by atoms with Crippen molar-refractivity contribution in [3.8, 4) is 0 Å². The molecule has 118 valence electrons. The van der Waals surface area contributed by atoms with Crippen molar-refractivity contribution >= 4 is 5.91 Å². The van der Waals surface area contributed by atoms with Gasteiger partial charge in [0.25, 0.3) is 0 Å². The van der Waals surface area contributed by atoms with Crippen molar-refractivity contribution in [3.05, 3.63) is 0 Å². The van der Waals surface area contributed by atoms with Crippen molar-refractivity contribution in [2.45, 2.75) is 84.0 Å². The van der Waals surface area contributed by atoms with Gasteiger partial charge in [-0.15, -0.1) is 0 Å². The van der Waals surface area contributed by atoms with Gasteiger partial charge in [-0.05, 0) is 58.8 Å². The molecule has 0 aromatic carbocycles. The third-order valence-corrected chi connectivity index (χ3v) is 4.70. The summed E-state index contributed by atoms with van der Waals surface area (Å²) in [7, 11) is 0. The molecule has 0 heterocycles. The van der Waals surface area contributed by atoms with Crippen LogP contribution in [0.25, 0.3) is 0 Å². The first-order chi connectivity index (χ1) is 9.23. The molecule has 3 N–H and O–H groups in total. The van der Waals surface area contributed by atoms with Gasteiger partial charge in [0.05, 0.1) is 5.60 Å². The molecule has 0 aromatic rings. The van der Waals surface area contributed by atoms with Crippen LogP contribution in [0.5, 0.6) is 0 Å². The lowest BCUT2D eigenvalue weighted by atomic mass is 9.79. The summed E-state index contributed by atoms with van der Waals surface area (Å²) in [6.45, 7) is 10.7. The van der Waals surface area contributed by atoms with Crippen LogP contribution in [0.1, 0.15) is 66.7 Å². The van der Waals surface area contributed by atoms with E-state index in [-0.39, 0.29) is 17.0 Å². The number of hydrogen-bond donors (Lipinski definition) is 2. The van der Waals surface area contributed by atoms with Gasteiger partial charge < -0.3 is 15.8 Å². The smallest absolute Gasteiger partial charge is 0.249 e. The summed E-state index contributed by atoms with van der Waals surface area (Å²) in [6, 6.07) is 0. The molecule has 4 nitrogen and oxygen atoms in total. The maximum Gasteiger partial charge on any atom is 0.249 e. The van der Waals surface area contributed by atoms with E-state index >= 15 is 0 Å². The Morgan fingerprint density at radius 3 is 2.45 bits per heavy atom. The van der Waals surface area contributed by atoms with Crippen molar-refractivity contribution in [1.29, 1.82) is 0 Å². The predicted molar refractivity (Wildman–Crippen MR) is 82.5 cm³/mol. The molecule has 0 aliphatic heterocycles. The number of carbonyl (C=O) groups is 1. The van der Waals surface area contributed by atoms with Crippen molar-refractivity contribution in [2.75, 3.05) is 6.54 Å². The van der Waals surface area contributed by atoms with Gasteiger partial charge >= 0.3 is 0 Å². The minimum atomic E-state index is -0.446. The molecule has 1 amide bonds. The summed E-state index contributed by atoms with van der Waals surface area (Å²) in [6.07, 6.45) is 4.62. The Labute approximate surface area is 123 Å². The van der Waals surface area contributed by atoms with Crippen LogP contribution in [0.15, 0.2) is 0 Å². The Bertz CT molecular complexity index is 320. The van der Waals surface area contributed by atoms with Gasteiger partial charge in [0.1, 0.15) is 6.10 Å². The predicted octanol–water partition coefficient (Wildman–Crippen LogP) is 2.60. The molecule has 0 spiro atoms. The molecule has 1 unspecified atom stereocenters. The average molecular weight is 284 g/mol. The molecule has 0 bridgehead atoms. The molecule has 1 atom stereocenters. The number of carbonyl (C=O) groups excluding carboxylic acids is 1. The van der Waals surface area contributed by atoms with Crippen LogP contribution in [0.4, 0.5) is 0 Å². The van der Waals surface area contributed by atoms with E-state index in [4.69, 9.17) is 10.5 Å². The fraction of sp³-hybridized carbons (Fsp3) is 0.938. The normalized spacial score (nSPS) is 29.0. The quantitative estimate of drug-likeness (QED) is 0.788. The van der Waals surface area contributed by atoms with Gasteiger partial charge in [0.15, 0.2) is 0 Å². The minimum Gasteiger partial charge on any atom is -0.361 e. The highest BCUT2D eigenvalue weighted by atomic mass is 16.5. The highest BCUT2D eigenvalue weighted by molar-refractivity contribution is 5.81. The van der Waals surface area contributed by atoms with Crippen LogP contribution in [-0.4, -0.2) is 29.7 Å². The third-order valence-electron chi connectivity index (χ3n) is 4.70. The third kappa shape index (κ3) is 4.74. The van der Waals surface area contributed by atoms with Crippen molar-refractivity contribution < 1.29 is 9.53 Å². The van der Waals surface area contributed by atoms with Gasteiger partial charge in [0.2, 0.25) is 5.91 Å². The largest absolute Gasteiger partial charge is 0.361 e. The lowest BCUT2D eigenvalue weighted by molar-refractivity contribution is -0.151. The number of ether oxygens (including phenoxy) is 1. The Morgan fingerprint density at radius 2 is 2.00 bits per heavy atom. The van der Waals surface area contributed by atoms with Gasteiger partial charge in [0, 0.05) is 12.1 Å². The molecule has 0 aromatic heterocycles. The molecule has 1 aliphatic rings. The monoisotopic (exact) mass is 284 g/mol. The molecule has 1 saturated carbocycles. The van der Waals surface area contributed by atoms with E-state index in [1.165, 1.54) is 0 Å². The van der Waals surface area contributed by atoms with Crippen LogP contribution < -0.4 is 11.1 Å². The molecular weight excluding hydrogens is 252 g/mol. The zero-order chi connectivity index (χ0) is 15.4. The molecule has 20 heavy (non-hydrogen) atoms. The first kappa shape index (κ1) is 17.4. The highest BCUT2D eigenvalue weighted by Crippen LogP contribution is 2.35. The summed E-state index contributed by atoms with van der Waals surface area (Å²) in [5.74, 6) is 0.699. The molecular formula is C16H32N2O2. The van der Waals surface area contributed by atoms with Gasteiger partial charge in [-0.25, -0.2) is 0 Å². The maximum atomic E-state index is 12.2. The van der Waals surface area contributed by atoms with Crippen LogP contribution in [-0.2, 0) is 9.53 Å². The second-order valence-electron chi connectivity index (χ2n) is 7.06. The summed E-state index contributed by atoms with van der Waals surface area (Å²) in [5, 5.41) is 3.04. The summed E-state index contributed by atoms with van der Waals surface area (Å²) < 4.78 is 6.09. The average Bonchev–Trinajstić information content (AvgIpc) is 2.41. The van der Waals surface area contributed by atoms with E-state index in [2.05, 4.69) is 19.2 Å². The zero-order valence-electron chi connectivity index (χ0n) is 13.8. The molecule has 0 radical (unpaired) electrons. The summed E-state index contributed by atoms with van der Waals surface area (Å²) >= 11 is 0. The second-order valence-corrected chi connectivity index (χ2v) is 7.06. The number of nitrogens with one attached hydrogen (secondary N) is 1. The number of amides is 1. The van der Waals surface area contributed by atoms with Crippen LogP contribution in [0.3, 0.4) is 0 Å². The standard InChI is InChI=1S/C16H32N2O2/c1-6-15(4,5)18-14(19)13(3)20-16(11-17)9-7-12(2)8-10-16/h12-13H,6-11,17H2,1-5H3,(H,18,19). The SMILES string of the molecule is CCC(C)(C)NC(=O)C(C)OC1(CN)CCC(C)CC1. The van der Waals surface area contributed by atoms with E-state index in [9.17, 15) is 4.79 Å².